The summed E-state index contributed by atoms with van der Waals surface area (Å²) in [6.07, 6.45) is -4.69. The van der Waals surface area contributed by atoms with Crippen molar-refractivity contribution in [1.82, 2.24) is 0 Å². The van der Waals surface area contributed by atoms with Gasteiger partial charge in [0.1, 0.15) is 0 Å². The number of carboxylic acids is 1. The largest absolute Gasteiger partial charge is 0.478 e. The summed E-state index contributed by atoms with van der Waals surface area (Å²) in [5, 5.41) is 8.61. The summed E-state index contributed by atoms with van der Waals surface area (Å²) in [5.41, 5.74) is 2.98. The molecular weight excluding hydrogens is 279 g/mol. The summed E-state index contributed by atoms with van der Waals surface area (Å²) in [5.74, 6) is -1.45. The Morgan fingerprint density at radius 3 is 2.33 bits per heavy atom. The van der Waals surface area contributed by atoms with Crippen LogP contribution in [0.4, 0.5) is 18.9 Å². The fourth-order valence-corrected chi connectivity index (χ4v) is 1.80. The molecule has 0 saturated heterocycles. The number of anilines is 1. The van der Waals surface area contributed by atoms with Gasteiger partial charge in [0.05, 0.1) is 11.1 Å². The van der Waals surface area contributed by atoms with Crippen LogP contribution in [0.5, 0.6) is 0 Å². The highest BCUT2D eigenvalue weighted by molar-refractivity contribution is 9.10. The number of halogens is 4. The SMILES string of the molecule is Nc1ccc(C(=O)O)c(Br)c1C(F)(F)F. The van der Waals surface area contributed by atoms with Gasteiger partial charge in [-0.15, -0.1) is 0 Å². The van der Waals surface area contributed by atoms with Crippen LogP contribution in [-0.4, -0.2) is 11.1 Å². The van der Waals surface area contributed by atoms with E-state index in [-0.39, 0.29) is 0 Å². The molecule has 0 saturated carbocycles. The molecule has 3 N–H and O–H groups in total. The van der Waals surface area contributed by atoms with E-state index in [1.807, 2.05) is 0 Å². The second kappa shape index (κ2) is 3.73. The molecule has 0 spiro atoms. The smallest absolute Gasteiger partial charge is 0.419 e. The Morgan fingerprint density at radius 1 is 1.40 bits per heavy atom. The predicted octanol–water partition coefficient (Wildman–Crippen LogP) is 2.75. The van der Waals surface area contributed by atoms with E-state index >= 15 is 0 Å². The van der Waals surface area contributed by atoms with Gasteiger partial charge in [-0.1, -0.05) is 0 Å². The molecule has 0 atom stereocenters. The van der Waals surface area contributed by atoms with Crippen LogP contribution in [0.15, 0.2) is 16.6 Å². The maximum atomic E-state index is 12.5. The van der Waals surface area contributed by atoms with Gasteiger partial charge in [0.25, 0.3) is 0 Å². The summed E-state index contributed by atoms with van der Waals surface area (Å²) >= 11 is 2.59. The lowest BCUT2D eigenvalue weighted by Crippen LogP contribution is -2.12. The lowest BCUT2D eigenvalue weighted by Gasteiger charge is -2.13. The van der Waals surface area contributed by atoms with Gasteiger partial charge < -0.3 is 10.8 Å². The Bertz CT molecular complexity index is 417. The average molecular weight is 284 g/mol. The Hall–Kier alpha value is -1.24. The predicted molar refractivity (Wildman–Crippen MR) is 50.5 cm³/mol. The van der Waals surface area contributed by atoms with E-state index in [1.165, 1.54) is 0 Å². The first-order valence-corrected chi connectivity index (χ1v) is 4.43. The van der Waals surface area contributed by atoms with Crippen LogP contribution in [-0.2, 0) is 6.18 Å². The molecule has 7 heteroatoms. The van der Waals surface area contributed by atoms with E-state index in [0.717, 1.165) is 12.1 Å². The van der Waals surface area contributed by atoms with Crippen molar-refractivity contribution in [3.63, 3.8) is 0 Å². The standard InChI is InChI=1S/C8H5BrF3NO2/c9-6-3(7(14)15)1-2-4(13)5(6)8(10,11)12/h1-2H,13H2,(H,14,15). The zero-order chi connectivity index (χ0) is 11.8. The fraction of sp³-hybridized carbons (Fsp3) is 0.125. The quantitative estimate of drug-likeness (QED) is 0.779. The van der Waals surface area contributed by atoms with Crippen molar-refractivity contribution in [3.8, 4) is 0 Å². The number of nitrogens with two attached hydrogens (primary N) is 1. The third-order valence-corrected chi connectivity index (χ3v) is 2.51. The van der Waals surface area contributed by atoms with Crippen LogP contribution >= 0.6 is 15.9 Å². The number of hydrogen-bond acceptors (Lipinski definition) is 2. The van der Waals surface area contributed by atoms with Gasteiger partial charge in [-0.3, -0.25) is 0 Å². The van der Waals surface area contributed by atoms with E-state index in [0.29, 0.717) is 0 Å². The zero-order valence-corrected chi connectivity index (χ0v) is 8.69. The summed E-state index contributed by atoms with van der Waals surface area (Å²) < 4.78 is 36.8. The van der Waals surface area contributed by atoms with E-state index in [4.69, 9.17) is 10.8 Å². The molecular formula is C8H5BrF3NO2. The number of aromatic carboxylic acids is 1. The average Bonchev–Trinajstić information content (AvgIpc) is 2.00. The van der Waals surface area contributed by atoms with E-state index in [9.17, 15) is 18.0 Å². The number of rotatable bonds is 1. The van der Waals surface area contributed by atoms with E-state index < -0.39 is 33.4 Å². The number of carboxylic acid groups (broad SMARTS) is 1. The molecule has 0 heterocycles. The number of nitrogen functional groups attached to an aromatic ring is 1. The van der Waals surface area contributed by atoms with Gasteiger partial charge in [-0.2, -0.15) is 13.2 Å². The highest BCUT2D eigenvalue weighted by atomic mass is 79.9. The molecule has 0 aliphatic heterocycles. The van der Waals surface area contributed by atoms with Crippen molar-refractivity contribution in [3.05, 3.63) is 27.7 Å². The maximum absolute atomic E-state index is 12.5. The molecule has 0 aliphatic rings. The van der Waals surface area contributed by atoms with Crippen LogP contribution in [0.2, 0.25) is 0 Å². The van der Waals surface area contributed by atoms with Crippen molar-refractivity contribution < 1.29 is 23.1 Å². The van der Waals surface area contributed by atoms with Gasteiger partial charge in [-0.05, 0) is 28.1 Å². The molecule has 3 nitrogen and oxygen atoms in total. The first kappa shape index (κ1) is 11.8. The van der Waals surface area contributed by atoms with Crippen LogP contribution in [0, 0.1) is 0 Å². The minimum Gasteiger partial charge on any atom is -0.478 e. The first-order valence-electron chi connectivity index (χ1n) is 3.63. The van der Waals surface area contributed by atoms with Gasteiger partial charge in [0.15, 0.2) is 0 Å². The third-order valence-electron chi connectivity index (χ3n) is 1.69. The number of hydrogen-bond donors (Lipinski definition) is 2. The van der Waals surface area contributed by atoms with Crippen molar-refractivity contribution in [1.29, 1.82) is 0 Å². The fourth-order valence-electron chi connectivity index (χ4n) is 1.04. The number of alkyl halides is 3. The molecule has 0 aliphatic carbocycles. The van der Waals surface area contributed by atoms with E-state index in [2.05, 4.69) is 15.9 Å². The van der Waals surface area contributed by atoms with Crippen LogP contribution in [0.25, 0.3) is 0 Å². The van der Waals surface area contributed by atoms with Crippen molar-refractivity contribution >= 4 is 27.6 Å². The summed E-state index contributed by atoms with van der Waals surface area (Å²) in [6.45, 7) is 0. The molecule has 0 unspecified atom stereocenters. The van der Waals surface area contributed by atoms with Gasteiger partial charge >= 0.3 is 12.1 Å². The molecule has 0 amide bonds. The molecule has 0 aromatic heterocycles. The summed E-state index contributed by atoms with van der Waals surface area (Å²) in [6, 6.07) is 1.92. The topological polar surface area (TPSA) is 63.3 Å². The highest BCUT2D eigenvalue weighted by Crippen LogP contribution is 2.40. The summed E-state index contributed by atoms with van der Waals surface area (Å²) in [7, 11) is 0. The summed E-state index contributed by atoms with van der Waals surface area (Å²) in [4.78, 5) is 10.6. The zero-order valence-electron chi connectivity index (χ0n) is 7.10. The Labute approximate surface area is 90.8 Å². The van der Waals surface area contributed by atoms with Crippen molar-refractivity contribution in [2.24, 2.45) is 0 Å². The molecule has 0 radical (unpaired) electrons. The first-order chi connectivity index (χ1) is 6.75. The highest BCUT2D eigenvalue weighted by Gasteiger charge is 2.37. The molecule has 1 aromatic carbocycles. The third kappa shape index (κ3) is 2.23. The second-order valence-corrected chi connectivity index (χ2v) is 3.49. The molecule has 0 bridgehead atoms. The maximum Gasteiger partial charge on any atom is 0.419 e. The minimum atomic E-state index is -4.69. The molecule has 15 heavy (non-hydrogen) atoms. The lowest BCUT2D eigenvalue weighted by molar-refractivity contribution is -0.137. The van der Waals surface area contributed by atoms with Crippen LogP contribution in [0.3, 0.4) is 0 Å². The molecule has 82 valence electrons. The molecule has 1 aromatic rings. The van der Waals surface area contributed by atoms with Crippen molar-refractivity contribution in [2.45, 2.75) is 6.18 Å². The lowest BCUT2D eigenvalue weighted by atomic mass is 10.1. The second-order valence-electron chi connectivity index (χ2n) is 2.69. The minimum absolute atomic E-state index is 0.475. The Morgan fingerprint density at radius 2 is 1.93 bits per heavy atom. The van der Waals surface area contributed by atoms with E-state index in [1.54, 1.807) is 0 Å². The van der Waals surface area contributed by atoms with Crippen LogP contribution < -0.4 is 5.73 Å². The monoisotopic (exact) mass is 283 g/mol. The van der Waals surface area contributed by atoms with Gasteiger partial charge in [-0.25, -0.2) is 4.79 Å². The van der Waals surface area contributed by atoms with Gasteiger partial charge in [0, 0.05) is 10.2 Å². The molecule has 0 fully saturated rings. The van der Waals surface area contributed by atoms with Crippen LogP contribution in [0.1, 0.15) is 15.9 Å². The number of benzene rings is 1. The Balaban J connectivity index is 3.51. The van der Waals surface area contributed by atoms with Crippen molar-refractivity contribution in [2.75, 3.05) is 5.73 Å². The van der Waals surface area contributed by atoms with Gasteiger partial charge in [0.2, 0.25) is 0 Å². The molecule has 1 rings (SSSR count). The normalized spacial score (nSPS) is 11.5. The Kier molecular flexibility index (Phi) is 2.94. The number of carbonyl (C=O) groups is 1.